The summed E-state index contributed by atoms with van der Waals surface area (Å²) in [5.41, 5.74) is 6.09. The molecule has 5 nitrogen and oxygen atoms in total. The van der Waals surface area contributed by atoms with E-state index in [2.05, 4.69) is 0 Å². The van der Waals surface area contributed by atoms with Crippen molar-refractivity contribution in [3.63, 3.8) is 0 Å². The van der Waals surface area contributed by atoms with Crippen LogP contribution in [0.25, 0.3) is 0 Å². The fraction of sp³-hybridized carbons (Fsp3) is 0.500. The number of rotatable bonds is 9. The van der Waals surface area contributed by atoms with Crippen molar-refractivity contribution in [3.8, 4) is 11.5 Å². The van der Waals surface area contributed by atoms with Gasteiger partial charge in [0, 0.05) is 19.3 Å². The van der Waals surface area contributed by atoms with E-state index in [1.807, 2.05) is 6.92 Å². The van der Waals surface area contributed by atoms with Gasteiger partial charge in [-0.25, -0.2) is 0 Å². The van der Waals surface area contributed by atoms with Crippen molar-refractivity contribution in [2.24, 2.45) is 5.73 Å². The second-order valence-corrected chi connectivity index (χ2v) is 4.06. The van der Waals surface area contributed by atoms with Crippen LogP contribution in [0, 0.1) is 5.41 Å². The predicted octanol–water partition coefficient (Wildman–Crippen LogP) is 2.17. The molecule has 0 atom stereocenters. The summed E-state index contributed by atoms with van der Waals surface area (Å²) in [6, 6.07) is 5.28. The van der Waals surface area contributed by atoms with E-state index >= 15 is 0 Å². The molecule has 1 rings (SSSR count). The van der Waals surface area contributed by atoms with Gasteiger partial charge >= 0.3 is 0 Å². The average molecular weight is 266 g/mol. The number of hydrogen-bond donors (Lipinski definition) is 2. The molecule has 3 N–H and O–H groups in total. The molecule has 0 saturated carbocycles. The van der Waals surface area contributed by atoms with Crippen LogP contribution < -0.4 is 15.2 Å². The van der Waals surface area contributed by atoms with E-state index in [9.17, 15) is 0 Å². The number of nitrogen functional groups attached to an aromatic ring is 1. The number of ether oxygens (including phenoxy) is 3. The normalized spacial score (nSPS) is 10.2. The van der Waals surface area contributed by atoms with Gasteiger partial charge in [-0.3, -0.25) is 5.41 Å². The smallest absolute Gasteiger partial charge is 0.161 e. The first-order chi connectivity index (χ1) is 9.19. The zero-order valence-electron chi connectivity index (χ0n) is 11.6. The number of benzene rings is 1. The van der Waals surface area contributed by atoms with Gasteiger partial charge in [0.2, 0.25) is 0 Å². The van der Waals surface area contributed by atoms with E-state index in [0.717, 1.165) is 19.4 Å². The molecule has 0 saturated heterocycles. The second kappa shape index (κ2) is 8.37. The third kappa shape index (κ3) is 5.18. The van der Waals surface area contributed by atoms with Gasteiger partial charge in [0.25, 0.3) is 0 Å². The highest BCUT2D eigenvalue weighted by Crippen LogP contribution is 2.28. The highest BCUT2D eigenvalue weighted by molar-refractivity contribution is 5.95. The molecule has 0 spiro atoms. The Morgan fingerprint density at radius 1 is 1.16 bits per heavy atom. The summed E-state index contributed by atoms with van der Waals surface area (Å²) >= 11 is 0. The zero-order chi connectivity index (χ0) is 14.1. The minimum absolute atomic E-state index is 0.0209. The van der Waals surface area contributed by atoms with Crippen molar-refractivity contribution < 1.29 is 14.2 Å². The SMILES string of the molecule is CCOc1cc(C(=N)N)ccc1OCCCCOC. The third-order valence-electron chi connectivity index (χ3n) is 2.55. The largest absolute Gasteiger partial charge is 0.490 e. The molecule has 106 valence electrons. The molecule has 1 aromatic carbocycles. The van der Waals surface area contributed by atoms with Gasteiger partial charge < -0.3 is 19.9 Å². The molecule has 1 aromatic rings. The quantitative estimate of drug-likeness (QED) is 0.408. The van der Waals surface area contributed by atoms with E-state index in [4.69, 9.17) is 25.4 Å². The molecule has 0 amide bonds. The van der Waals surface area contributed by atoms with Crippen LogP contribution in [0.15, 0.2) is 18.2 Å². The Morgan fingerprint density at radius 3 is 2.53 bits per heavy atom. The Morgan fingerprint density at radius 2 is 1.89 bits per heavy atom. The average Bonchev–Trinajstić information content (AvgIpc) is 2.40. The van der Waals surface area contributed by atoms with Crippen molar-refractivity contribution in [2.75, 3.05) is 26.9 Å². The molecule has 0 unspecified atom stereocenters. The summed E-state index contributed by atoms with van der Waals surface area (Å²) in [6.45, 7) is 3.80. The number of unbranched alkanes of at least 4 members (excludes halogenated alkanes) is 1. The number of nitrogens with one attached hydrogen (secondary N) is 1. The molecule has 0 aromatic heterocycles. The van der Waals surface area contributed by atoms with Gasteiger partial charge in [0.05, 0.1) is 13.2 Å². The van der Waals surface area contributed by atoms with Gasteiger partial charge in [-0.05, 0) is 38.0 Å². The van der Waals surface area contributed by atoms with E-state index in [1.165, 1.54) is 0 Å². The summed E-state index contributed by atoms with van der Waals surface area (Å²) < 4.78 is 16.2. The molecule has 0 bridgehead atoms. The van der Waals surface area contributed by atoms with Gasteiger partial charge in [0.1, 0.15) is 5.84 Å². The molecular formula is C14H22N2O3. The summed E-state index contributed by atoms with van der Waals surface area (Å²) in [7, 11) is 1.69. The number of amidine groups is 1. The summed E-state index contributed by atoms with van der Waals surface area (Å²) in [6.07, 6.45) is 1.89. The highest BCUT2D eigenvalue weighted by atomic mass is 16.5. The van der Waals surface area contributed by atoms with Crippen molar-refractivity contribution >= 4 is 5.84 Å². The maximum absolute atomic E-state index is 7.42. The number of nitrogens with two attached hydrogens (primary N) is 1. The molecule has 0 fully saturated rings. The molecule has 5 heteroatoms. The van der Waals surface area contributed by atoms with E-state index in [0.29, 0.717) is 30.3 Å². The molecule has 19 heavy (non-hydrogen) atoms. The monoisotopic (exact) mass is 266 g/mol. The van der Waals surface area contributed by atoms with Crippen LogP contribution in [0.5, 0.6) is 11.5 Å². The van der Waals surface area contributed by atoms with E-state index in [1.54, 1.807) is 25.3 Å². The van der Waals surface area contributed by atoms with Gasteiger partial charge in [-0.2, -0.15) is 0 Å². The maximum atomic E-state index is 7.42. The minimum atomic E-state index is 0.0209. The van der Waals surface area contributed by atoms with Crippen molar-refractivity contribution in [3.05, 3.63) is 23.8 Å². The standard InChI is InChI=1S/C14H22N2O3/c1-3-18-13-10-11(14(15)16)6-7-12(13)19-9-5-4-8-17-2/h6-7,10H,3-5,8-9H2,1-2H3,(H3,15,16). The van der Waals surface area contributed by atoms with E-state index in [-0.39, 0.29) is 5.84 Å². The third-order valence-corrected chi connectivity index (χ3v) is 2.55. The fourth-order valence-corrected chi connectivity index (χ4v) is 1.59. The molecule has 0 heterocycles. The Labute approximate surface area is 114 Å². The Kier molecular flexibility index (Phi) is 6.74. The van der Waals surface area contributed by atoms with Gasteiger partial charge in [0.15, 0.2) is 11.5 Å². The van der Waals surface area contributed by atoms with Crippen molar-refractivity contribution in [1.29, 1.82) is 5.41 Å². The van der Waals surface area contributed by atoms with E-state index < -0.39 is 0 Å². The molecular weight excluding hydrogens is 244 g/mol. The second-order valence-electron chi connectivity index (χ2n) is 4.06. The first-order valence-electron chi connectivity index (χ1n) is 6.42. The van der Waals surface area contributed by atoms with Crippen molar-refractivity contribution in [2.45, 2.75) is 19.8 Å². The first-order valence-corrected chi connectivity index (χ1v) is 6.42. The lowest BCUT2D eigenvalue weighted by Crippen LogP contribution is -2.11. The van der Waals surface area contributed by atoms with Gasteiger partial charge in [-0.1, -0.05) is 0 Å². The molecule has 0 aliphatic rings. The highest BCUT2D eigenvalue weighted by Gasteiger charge is 2.07. The van der Waals surface area contributed by atoms with Crippen LogP contribution in [0.3, 0.4) is 0 Å². The molecule has 0 radical (unpaired) electrons. The van der Waals surface area contributed by atoms with Crippen LogP contribution in [0.2, 0.25) is 0 Å². The zero-order valence-corrected chi connectivity index (χ0v) is 11.6. The lowest BCUT2D eigenvalue weighted by Gasteiger charge is -2.13. The lowest BCUT2D eigenvalue weighted by atomic mass is 10.2. The van der Waals surface area contributed by atoms with Crippen LogP contribution in [0.1, 0.15) is 25.3 Å². The summed E-state index contributed by atoms with van der Waals surface area (Å²) in [5, 5.41) is 7.42. The Bertz CT molecular complexity index is 408. The predicted molar refractivity (Wildman–Crippen MR) is 75.2 cm³/mol. The van der Waals surface area contributed by atoms with Crippen LogP contribution in [-0.2, 0) is 4.74 Å². The fourth-order valence-electron chi connectivity index (χ4n) is 1.59. The minimum Gasteiger partial charge on any atom is -0.490 e. The maximum Gasteiger partial charge on any atom is 0.161 e. The van der Waals surface area contributed by atoms with Crippen molar-refractivity contribution in [1.82, 2.24) is 0 Å². The number of hydrogen-bond acceptors (Lipinski definition) is 4. The topological polar surface area (TPSA) is 77.6 Å². The first kappa shape index (κ1) is 15.3. The number of methoxy groups -OCH3 is 1. The summed E-state index contributed by atoms with van der Waals surface area (Å²) in [5.74, 6) is 1.33. The van der Waals surface area contributed by atoms with Crippen LogP contribution >= 0.6 is 0 Å². The lowest BCUT2D eigenvalue weighted by molar-refractivity contribution is 0.183. The van der Waals surface area contributed by atoms with Crippen LogP contribution in [-0.4, -0.2) is 32.8 Å². The molecule has 0 aliphatic heterocycles. The molecule has 0 aliphatic carbocycles. The Balaban J connectivity index is 2.62. The Hall–Kier alpha value is -1.75. The summed E-state index contributed by atoms with van der Waals surface area (Å²) in [4.78, 5) is 0. The van der Waals surface area contributed by atoms with Gasteiger partial charge in [-0.15, -0.1) is 0 Å². The van der Waals surface area contributed by atoms with Crippen LogP contribution in [0.4, 0.5) is 0 Å².